The van der Waals surface area contributed by atoms with Crippen molar-refractivity contribution in [2.75, 3.05) is 38.2 Å². The molecule has 174 valence electrons. The summed E-state index contributed by atoms with van der Waals surface area (Å²) in [6.45, 7) is 1.15. The molecule has 11 heteroatoms. The van der Waals surface area contributed by atoms with Crippen LogP contribution in [-0.4, -0.2) is 56.0 Å². The van der Waals surface area contributed by atoms with Crippen molar-refractivity contribution in [1.29, 1.82) is 0 Å². The van der Waals surface area contributed by atoms with E-state index < -0.39 is 21.8 Å². The summed E-state index contributed by atoms with van der Waals surface area (Å²) in [5.74, 6) is 0.906. The van der Waals surface area contributed by atoms with Crippen molar-refractivity contribution >= 4 is 16.0 Å². The zero-order valence-electron chi connectivity index (χ0n) is 17.7. The summed E-state index contributed by atoms with van der Waals surface area (Å²) in [5, 5.41) is 0. The smallest absolute Gasteiger partial charge is 0.416 e. The first-order chi connectivity index (χ1) is 15.7. The lowest BCUT2D eigenvalue weighted by atomic mass is 10.1. The molecule has 0 amide bonds. The lowest BCUT2D eigenvalue weighted by Gasteiger charge is -2.34. The Bertz CT molecular complexity index is 1230. The topological polar surface area (TPSA) is 75.6 Å². The first kappa shape index (κ1) is 23.0. The van der Waals surface area contributed by atoms with Crippen LogP contribution < -0.4 is 9.64 Å². The van der Waals surface area contributed by atoms with Crippen molar-refractivity contribution in [2.45, 2.75) is 11.1 Å². The Morgan fingerprint density at radius 2 is 1.67 bits per heavy atom. The highest BCUT2D eigenvalue weighted by Gasteiger charge is 2.31. The fraction of sp³-hybridized carbons (Fsp3) is 0.273. The molecule has 33 heavy (non-hydrogen) atoms. The second-order valence-electron chi connectivity index (χ2n) is 7.39. The van der Waals surface area contributed by atoms with E-state index in [4.69, 9.17) is 4.74 Å². The average Bonchev–Trinajstić information content (AvgIpc) is 2.84. The van der Waals surface area contributed by atoms with E-state index in [2.05, 4.69) is 9.97 Å². The second kappa shape index (κ2) is 8.99. The van der Waals surface area contributed by atoms with Gasteiger partial charge in [0.1, 0.15) is 5.75 Å². The van der Waals surface area contributed by atoms with Gasteiger partial charge in [0, 0.05) is 37.9 Å². The fourth-order valence-electron chi connectivity index (χ4n) is 3.54. The van der Waals surface area contributed by atoms with Crippen LogP contribution in [0.5, 0.6) is 5.75 Å². The van der Waals surface area contributed by atoms with Gasteiger partial charge in [0.15, 0.2) is 0 Å². The van der Waals surface area contributed by atoms with Crippen LogP contribution in [0.1, 0.15) is 5.56 Å². The maximum Gasteiger partial charge on any atom is 0.416 e. The maximum atomic E-state index is 13.0. The molecular weight excluding hydrogens is 457 g/mol. The molecule has 0 radical (unpaired) electrons. The average molecular weight is 478 g/mol. The molecule has 2 heterocycles. The maximum absolute atomic E-state index is 13.0. The van der Waals surface area contributed by atoms with Crippen LogP contribution in [0.3, 0.4) is 0 Å². The number of benzene rings is 2. The summed E-state index contributed by atoms with van der Waals surface area (Å²) in [6, 6.07) is 12.7. The van der Waals surface area contributed by atoms with E-state index in [0.29, 0.717) is 36.0 Å². The van der Waals surface area contributed by atoms with E-state index in [9.17, 15) is 21.6 Å². The standard InChI is InChI=1S/C22H21F3N4O3S/c1-32-18-5-7-19(8-6-18)33(30,31)29-13-11-28(12-14-29)21-26-10-9-20(27-21)16-3-2-4-17(15-16)22(23,24)25/h2-10,15H,11-14H2,1H3. The summed E-state index contributed by atoms with van der Waals surface area (Å²) < 4.78 is 71.5. The van der Waals surface area contributed by atoms with E-state index in [0.717, 1.165) is 12.1 Å². The predicted octanol–water partition coefficient (Wildman–Crippen LogP) is 3.68. The van der Waals surface area contributed by atoms with Gasteiger partial charge >= 0.3 is 6.18 Å². The van der Waals surface area contributed by atoms with E-state index >= 15 is 0 Å². The molecule has 4 rings (SSSR count). The number of ether oxygens (including phenoxy) is 1. The molecule has 1 aliphatic heterocycles. The summed E-state index contributed by atoms with van der Waals surface area (Å²) in [6.07, 6.45) is -2.96. The minimum atomic E-state index is -4.45. The fourth-order valence-corrected chi connectivity index (χ4v) is 4.96. The van der Waals surface area contributed by atoms with E-state index in [-0.39, 0.29) is 18.0 Å². The summed E-state index contributed by atoms with van der Waals surface area (Å²) in [4.78, 5) is 10.7. The Kier molecular flexibility index (Phi) is 6.26. The number of hydrogen-bond acceptors (Lipinski definition) is 6. The first-order valence-corrected chi connectivity index (χ1v) is 11.5. The minimum Gasteiger partial charge on any atom is -0.497 e. The van der Waals surface area contributed by atoms with Crippen molar-refractivity contribution in [1.82, 2.24) is 14.3 Å². The van der Waals surface area contributed by atoms with Crippen LogP contribution in [0, 0.1) is 0 Å². The molecule has 0 atom stereocenters. The molecule has 1 aromatic heterocycles. The predicted molar refractivity (Wildman–Crippen MR) is 116 cm³/mol. The molecule has 0 N–H and O–H groups in total. The molecule has 3 aromatic rings. The molecule has 0 aliphatic carbocycles. The van der Waals surface area contributed by atoms with Gasteiger partial charge in [-0.1, -0.05) is 12.1 Å². The summed E-state index contributed by atoms with van der Waals surface area (Å²) >= 11 is 0. The molecule has 0 unspecified atom stereocenters. The van der Waals surface area contributed by atoms with Crippen LogP contribution in [0.4, 0.5) is 19.1 Å². The third-order valence-electron chi connectivity index (χ3n) is 5.35. The van der Waals surface area contributed by atoms with E-state index in [1.807, 2.05) is 4.90 Å². The Balaban J connectivity index is 1.48. The second-order valence-corrected chi connectivity index (χ2v) is 9.33. The number of anilines is 1. The SMILES string of the molecule is COc1ccc(S(=O)(=O)N2CCN(c3nccc(-c4cccc(C(F)(F)F)c4)n3)CC2)cc1. The van der Waals surface area contributed by atoms with Crippen LogP contribution in [0.2, 0.25) is 0 Å². The highest BCUT2D eigenvalue weighted by molar-refractivity contribution is 7.89. The number of methoxy groups -OCH3 is 1. The number of rotatable bonds is 5. The lowest BCUT2D eigenvalue weighted by molar-refractivity contribution is -0.137. The zero-order valence-corrected chi connectivity index (χ0v) is 18.5. The van der Waals surface area contributed by atoms with Crippen LogP contribution >= 0.6 is 0 Å². The number of nitrogens with zero attached hydrogens (tertiary/aromatic N) is 4. The van der Waals surface area contributed by atoms with E-state index in [1.54, 1.807) is 24.3 Å². The van der Waals surface area contributed by atoms with Crippen LogP contribution in [0.15, 0.2) is 65.7 Å². The van der Waals surface area contributed by atoms with E-state index in [1.165, 1.54) is 35.8 Å². The van der Waals surface area contributed by atoms with Crippen molar-refractivity contribution in [3.05, 3.63) is 66.4 Å². The van der Waals surface area contributed by atoms with Crippen molar-refractivity contribution < 1.29 is 26.3 Å². The van der Waals surface area contributed by atoms with Crippen molar-refractivity contribution in [3.63, 3.8) is 0 Å². The van der Waals surface area contributed by atoms with Gasteiger partial charge in [0.25, 0.3) is 0 Å². The third-order valence-corrected chi connectivity index (χ3v) is 7.26. The Morgan fingerprint density at radius 1 is 0.970 bits per heavy atom. The molecule has 0 bridgehead atoms. The Labute approximate surface area is 189 Å². The normalized spacial score (nSPS) is 15.5. The third kappa shape index (κ3) is 4.93. The highest BCUT2D eigenvalue weighted by Crippen LogP contribution is 2.32. The quantitative estimate of drug-likeness (QED) is 0.557. The lowest BCUT2D eigenvalue weighted by Crippen LogP contribution is -2.49. The highest BCUT2D eigenvalue weighted by atomic mass is 32.2. The number of alkyl halides is 3. The molecule has 1 saturated heterocycles. The van der Waals surface area contributed by atoms with Gasteiger partial charge in [0.05, 0.1) is 23.3 Å². The number of halogens is 3. The first-order valence-electron chi connectivity index (χ1n) is 10.1. The zero-order chi connectivity index (χ0) is 23.6. The van der Waals surface area contributed by atoms with Gasteiger partial charge in [-0.15, -0.1) is 0 Å². The van der Waals surface area contributed by atoms with Gasteiger partial charge in [-0.3, -0.25) is 0 Å². The number of piperazine rings is 1. The molecule has 1 fully saturated rings. The largest absolute Gasteiger partial charge is 0.497 e. The summed E-state index contributed by atoms with van der Waals surface area (Å²) in [7, 11) is -2.15. The van der Waals surface area contributed by atoms with Crippen molar-refractivity contribution in [3.8, 4) is 17.0 Å². The van der Waals surface area contributed by atoms with Gasteiger partial charge in [0.2, 0.25) is 16.0 Å². The monoisotopic (exact) mass is 478 g/mol. The van der Waals surface area contributed by atoms with Crippen LogP contribution in [0.25, 0.3) is 11.3 Å². The molecule has 7 nitrogen and oxygen atoms in total. The van der Waals surface area contributed by atoms with Gasteiger partial charge in [-0.05, 0) is 42.5 Å². The van der Waals surface area contributed by atoms with Crippen LogP contribution in [-0.2, 0) is 16.2 Å². The molecular formula is C22H21F3N4O3S. The number of aromatic nitrogens is 2. The molecule has 1 aliphatic rings. The van der Waals surface area contributed by atoms with Gasteiger partial charge in [-0.25, -0.2) is 18.4 Å². The van der Waals surface area contributed by atoms with Crippen molar-refractivity contribution in [2.24, 2.45) is 0 Å². The molecule has 0 spiro atoms. The minimum absolute atomic E-state index is 0.180. The van der Waals surface area contributed by atoms with Gasteiger partial charge in [-0.2, -0.15) is 17.5 Å². The Morgan fingerprint density at radius 3 is 2.30 bits per heavy atom. The molecule has 0 saturated carbocycles. The summed E-state index contributed by atoms with van der Waals surface area (Å²) in [5.41, 5.74) is -0.0638. The number of hydrogen-bond donors (Lipinski definition) is 0. The molecule has 2 aromatic carbocycles. The Hall–Kier alpha value is -3.18. The van der Waals surface area contributed by atoms with Gasteiger partial charge < -0.3 is 9.64 Å². The number of sulfonamides is 1.